The van der Waals surface area contributed by atoms with Crippen molar-refractivity contribution in [3.8, 4) is 0 Å². The van der Waals surface area contributed by atoms with E-state index in [0.717, 1.165) is 12.1 Å². The highest BCUT2D eigenvalue weighted by atomic mass is 16.1. The SMILES string of the molecule is CCc1ccc([C@@H](C)N[C@H](C)CC(=O)Nc2ccccc2)cc1. The molecule has 2 aromatic carbocycles. The number of carbonyl (C=O) groups is 1. The average molecular weight is 310 g/mol. The molecule has 0 radical (unpaired) electrons. The number of amides is 1. The van der Waals surface area contributed by atoms with Crippen LogP contribution in [0.4, 0.5) is 5.69 Å². The van der Waals surface area contributed by atoms with Crippen molar-refractivity contribution in [2.45, 2.75) is 45.7 Å². The van der Waals surface area contributed by atoms with E-state index in [4.69, 9.17) is 0 Å². The number of benzene rings is 2. The molecule has 2 N–H and O–H groups in total. The van der Waals surface area contributed by atoms with Gasteiger partial charge in [-0.25, -0.2) is 0 Å². The van der Waals surface area contributed by atoms with E-state index < -0.39 is 0 Å². The molecule has 23 heavy (non-hydrogen) atoms. The molecule has 0 aliphatic heterocycles. The number of anilines is 1. The first-order chi connectivity index (χ1) is 11.1. The predicted octanol–water partition coefficient (Wildman–Crippen LogP) is 4.32. The summed E-state index contributed by atoms with van der Waals surface area (Å²) >= 11 is 0. The highest BCUT2D eigenvalue weighted by Crippen LogP contribution is 2.15. The third-order valence-corrected chi connectivity index (χ3v) is 3.97. The Kier molecular flexibility index (Phi) is 6.36. The zero-order valence-electron chi connectivity index (χ0n) is 14.2. The Labute approximate surface area is 139 Å². The standard InChI is InChI=1S/C20H26N2O/c1-4-17-10-12-18(13-11-17)16(3)21-15(2)14-20(23)22-19-8-6-5-7-9-19/h5-13,15-16,21H,4,14H2,1-3H3,(H,22,23)/t15-,16-/m1/s1. The fourth-order valence-corrected chi connectivity index (χ4v) is 2.64. The van der Waals surface area contributed by atoms with Crippen LogP contribution in [0.25, 0.3) is 0 Å². The maximum absolute atomic E-state index is 12.1. The molecule has 2 rings (SSSR count). The van der Waals surface area contributed by atoms with Gasteiger partial charge in [0.1, 0.15) is 0 Å². The second kappa shape index (κ2) is 8.49. The third-order valence-electron chi connectivity index (χ3n) is 3.97. The molecule has 2 aromatic rings. The number of rotatable bonds is 7. The second-order valence-electron chi connectivity index (χ2n) is 6.00. The molecular formula is C20H26N2O. The Morgan fingerprint density at radius 3 is 2.26 bits per heavy atom. The normalized spacial score (nSPS) is 13.3. The van der Waals surface area contributed by atoms with Crippen molar-refractivity contribution in [1.29, 1.82) is 0 Å². The molecule has 0 spiro atoms. The van der Waals surface area contributed by atoms with Gasteiger partial charge in [0.2, 0.25) is 5.91 Å². The van der Waals surface area contributed by atoms with Crippen LogP contribution in [-0.4, -0.2) is 11.9 Å². The molecule has 0 aliphatic rings. The molecule has 3 heteroatoms. The lowest BCUT2D eigenvalue weighted by molar-refractivity contribution is -0.116. The van der Waals surface area contributed by atoms with Crippen molar-refractivity contribution >= 4 is 11.6 Å². The molecule has 0 fully saturated rings. The van der Waals surface area contributed by atoms with Crippen molar-refractivity contribution < 1.29 is 4.79 Å². The number of hydrogen-bond acceptors (Lipinski definition) is 2. The Hall–Kier alpha value is -2.13. The van der Waals surface area contributed by atoms with Crippen LogP contribution in [0, 0.1) is 0 Å². The first-order valence-electron chi connectivity index (χ1n) is 8.28. The van der Waals surface area contributed by atoms with Gasteiger partial charge in [-0.2, -0.15) is 0 Å². The summed E-state index contributed by atoms with van der Waals surface area (Å²) in [6.45, 7) is 6.33. The maximum atomic E-state index is 12.1. The monoisotopic (exact) mass is 310 g/mol. The van der Waals surface area contributed by atoms with E-state index in [9.17, 15) is 4.79 Å². The lowest BCUT2D eigenvalue weighted by Crippen LogP contribution is -2.32. The van der Waals surface area contributed by atoms with Crippen LogP contribution < -0.4 is 10.6 Å². The van der Waals surface area contributed by atoms with Gasteiger partial charge in [0.15, 0.2) is 0 Å². The van der Waals surface area contributed by atoms with Crippen LogP contribution in [0.3, 0.4) is 0 Å². The van der Waals surface area contributed by atoms with Crippen LogP contribution in [-0.2, 0) is 11.2 Å². The minimum Gasteiger partial charge on any atom is -0.326 e. The fourth-order valence-electron chi connectivity index (χ4n) is 2.64. The van der Waals surface area contributed by atoms with Crippen LogP contribution in [0.1, 0.15) is 44.4 Å². The summed E-state index contributed by atoms with van der Waals surface area (Å²) in [6.07, 6.45) is 1.50. The van der Waals surface area contributed by atoms with Gasteiger partial charge in [0, 0.05) is 24.2 Å². The molecule has 122 valence electrons. The van der Waals surface area contributed by atoms with Crippen molar-refractivity contribution in [2.75, 3.05) is 5.32 Å². The van der Waals surface area contributed by atoms with Crippen molar-refractivity contribution in [3.63, 3.8) is 0 Å². The van der Waals surface area contributed by atoms with Gasteiger partial charge in [-0.3, -0.25) is 4.79 Å². The Balaban J connectivity index is 1.83. The van der Waals surface area contributed by atoms with Gasteiger partial charge >= 0.3 is 0 Å². The number of carbonyl (C=O) groups excluding carboxylic acids is 1. The first kappa shape index (κ1) is 17.2. The smallest absolute Gasteiger partial charge is 0.225 e. The van der Waals surface area contributed by atoms with Crippen molar-refractivity contribution in [1.82, 2.24) is 5.32 Å². The number of para-hydroxylation sites is 1. The summed E-state index contributed by atoms with van der Waals surface area (Å²) in [6, 6.07) is 18.5. The zero-order chi connectivity index (χ0) is 16.7. The molecule has 0 heterocycles. The van der Waals surface area contributed by atoms with E-state index >= 15 is 0 Å². The molecule has 0 saturated carbocycles. The quantitative estimate of drug-likeness (QED) is 0.800. The highest BCUT2D eigenvalue weighted by Gasteiger charge is 2.13. The lowest BCUT2D eigenvalue weighted by atomic mass is 10.0. The Morgan fingerprint density at radius 1 is 1.00 bits per heavy atom. The number of hydrogen-bond donors (Lipinski definition) is 2. The molecule has 1 amide bonds. The van der Waals surface area contributed by atoms with Crippen LogP contribution in [0.2, 0.25) is 0 Å². The van der Waals surface area contributed by atoms with E-state index in [-0.39, 0.29) is 18.0 Å². The van der Waals surface area contributed by atoms with Gasteiger partial charge in [-0.1, -0.05) is 49.4 Å². The summed E-state index contributed by atoms with van der Waals surface area (Å²) in [7, 11) is 0. The van der Waals surface area contributed by atoms with E-state index in [1.165, 1.54) is 11.1 Å². The summed E-state index contributed by atoms with van der Waals surface area (Å²) in [4.78, 5) is 12.1. The maximum Gasteiger partial charge on any atom is 0.225 e. The predicted molar refractivity (Wildman–Crippen MR) is 96.5 cm³/mol. The van der Waals surface area contributed by atoms with Crippen LogP contribution in [0.5, 0.6) is 0 Å². The highest BCUT2D eigenvalue weighted by molar-refractivity contribution is 5.91. The summed E-state index contributed by atoms with van der Waals surface area (Å²) in [5.74, 6) is 0.0322. The molecule has 0 bridgehead atoms. The molecular weight excluding hydrogens is 284 g/mol. The Bertz CT molecular complexity index is 607. The minimum atomic E-state index is 0.0322. The fraction of sp³-hybridized carbons (Fsp3) is 0.350. The zero-order valence-corrected chi connectivity index (χ0v) is 14.2. The van der Waals surface area contributed by atoms with E-state index in [1.807, 2.05) is 37.3 Å². The summed E-state index contributed by atoms with van der Waals surface area (Å²) < 4.78 is 0. The van der Waals surface area contributed by atoms with E-state index in [1.54, 1.807) is 0 Å². The minimum absolute atomic E-state index is 0.0322. The van der Waals surface area contributed by atoms with Crippen LogP contribution in [0.15, 0.2) is 54.6 Å². The second-order valence-corrected chi connectivity index (χ2v) is 6.00. The van der Waals surface area contributed by atoms with E-state index in [0.29, 0.717) is 6.42 Å². The largest absolute Gasteiger partial charge is 0.326 e. The molecule has 0 unspecified atom stereocenters. The summed E-state index contributed by atoms with van der Waals surface area (Å²) in [5, 5.41) is 6.41. The van der Waals surface area contributed by atoms with Crippen molar-refractivity contribution in [2.24, 2.45) is 0 Å². The van der Waals surface area contributed by atoms with Crippen molar-refractivity contribution in [3.05, 3.63) is 65.7 Å². The first-order valence-corrected chi connectivity index (χ1v) is 8.28. The molecule has 3 nitrogen and oxygen atoms in total. The van der Waals surface area contributed by atoms with Gasteiger partial charge in [0.25, 0.3) is 0 Å². The van der Waals surface area contributed by atoms with Gasteiger partial charge < -0.3 is 10.6 Å². The Morgan fingerprint density at radius 2 is 1.65 bits per heavy atom. The van der Waals surface area contributed by atoms with E-state index in [2.05, 4.69) is 48.7 Å². The topological polar surface area (TPSA) is 41.1 Å². The lowest BCUT2D eigenvalue weighted by Gasteiger charge is -2.20. The van der Waals surface area contributed by atoms with Gasteiger partial charge in [-0.15, -0.1) is 0 Å². The average Bonchev–Trinajstić information content (AvgIpc) is 2.55. The summed E-state index contributed by atoms with van der Waals surface area (Å²) in [5.41, 5.74) is 3.43. The molecule has 0 aromatic heterocycles. The molecule has 2 atom stereocenters. The van der Waals surface area contributed by atoms with Gasteiger partial charge in [0.05, 0.1) is 0 Å². The number of nitrogens with one attached hydrogen (secondary N) is 2. The molecule has 0 saturated heterocycles. The van der Waals surface area contributed by atoms with Gasteiger partial charge in [-0.05, 0) is 43.5 Å². The molecule has 0 aliphatic carbocycles. The number of aryl methyl sites for hydroxylation is 1. The third kappa shape index (κ3) is 5.53. The van der Waals surface area contributed by atoms with Crippen LogP contribution >= 0.6 is 0 Å².